The predicted molar refractivity (Wildman–Crippen MR) is 71.4 cm³/mol. The lowest BCUT2D eigenvalue weighted by molar-refractivity contribution is 0.257. The highest BCUT2D eigenvalue weighted by Crippen LogP contribution is 2.27. The van der Waals surface area contributed by atoms with E-state index >= 15 is 0 Å². The van der Waals surface area contributed by atoms with Crippen molar-refractivity contribution in [3.63, 3.8) is 0 Å². The summed E-state index contributed by atoms with van der Waals surface area (Å²) in [6.45, 7) is 4.91. The Morgan fingerprint density at radius 2 is 2.28 bits per heavy atom. The van der Waals surface area contributed by atoms with Gasteiger partial charge in [0.1, 0.15) is 17.5 Å². The molecule has 1 saturated carbocycles. The van der Waals surface area contributed by atoms with Gasteiger partial charge in [0.05, 0.1) is 5.69 Å². The fraction of sp³-hybridized carbons (Fsp3) is 0.692. The molecular formula is C13H21N5. The number of anilines is 1. The highest BCUT2D eigenvalue weighted by molar-refractivity contribution is 5.55. The van der Waals surface area contributed by atoms with E-state index in [0.717, 1.165) is 24.1 Å². The van der Waals surface area contributed by atoms with Crippen LogP contribution in [0, 0.1) is 18.3 Å². The number of nitriles is 1. The Labute approximate surface area is 108 Å². The summed E-state index contributed by atoms with van der Waals surface area (Å²) in [5.41, 5.74) is 1.43. The van der Waals surface area contributed by atoms with Crippen molar-refractivity contribution in [1.29, 1.82) is 5.26 Å². The smallest absolute Gasteiger partial charge is 0.142 e. The molecule has 1 aliphatic carbocycles. The normalized spacial score (nSPS) is 16.7. The molecule has 5 nitrogen and oxygen atoms in total. The lowest BCUT2D eigenvalue weighted by Crippen LogP contribution is -2.36. The highest BCUT2D eigenvalue weighted by atomic mass is 15.3. The number of hydrogen-bond acceptors (Lipinski definition) is 4. The van der Waals surface area contributed by atoms with Crippen molar-refractivity contribution in [2.75, 3.05) is 18.9 Å². The molecule has 0 radical (unpaired) electrons. The second kappa shape index (κ2) is 4.99. The molecule has 18 heavy (non-hydrogen) atoms. The van der Waals surface area contributed by atoms with Crippen LogP contribution in [0.1, 0.15) is 31.0 Å². The minimum Gasteiger partial charge on any atom is -0.368 e. The third kappa shape index (κ3) is 2.49. The highest BCUT2D eigenvalue weighted by Gasteiger charge is 2.29. The largest absolute Gasteiger partial charge is 0.368 e. The van der Waals surface area contributed by atoms with Gasteiger partial charge in [0.2, 0.25) is 0 Å². The van der Waals surface area contributed by atoms with Gasteiger partial charge in [-0.1, -0.05) is 0 Å². The second-order valence-electron chi connectivity index (χ2n) is 5.17. The average molecular weight is 247 g/mol. The van der Waals surface area contributed by atoms with Crippen LogP contribution in [0.15, 0.2) is 0 Å². The summed E-state index contributed by atoms with van der Waals surface area (Å²) in [6, 6.07) is 3.43. The number of aryl methyl sites for hydroxylation is 2. The van der Waals surface area contributed by atoms with Gasteiger partial charge in [-0.05, 0) is 33.7 Å². The standard InChI is InChI=1S/C13H21N5/c1-9(17(3)11-5-6-11)8-15-13-12(7-14)10(2)16-18(13)4/h9,11,15H,5-6,8H2,1-4H3. The van der Waals surface area contributed by atoms with Crippen molar-refractivity contribution in [2.45, 2.75) is 38.8 Å². The number of nitrogens with one attached hydrogen (secondary N) is 1. The Bertz CT molecular complexity index is 466. The number of likely N-dealkylation sites (N-methyl/N-ethyl adjacent to an activating group) is 1. The molecule has 0 aromatic carbocycles. The van der Waals surface area contributed by atoms with Crippen LogP contribution in [0.5, 0.6) is 0 Å². The van der Waals surface area contributed by atoms with Gasteiger partial charge in [0.15, 0.2) is 0 Å². The van der Waals surface area contributed by atoms with E-state index in [4.69, 9.17) is 5.26 Å². The van der Waals surface area contributed by atoms with Gasteiger partial charge in [-0.25, -0.2) is 0 Å². The Hall–Kier alpha value is -1.54. The Kier molecular flexibility index (Phi) is 3.58. The van der Waals surface area contributed by atoms with Crippen molar-refractivity contribution in [3.05, 3.63) is 11.3 Å². The van der Waals surface area contributed by atoms with Crippen LogP contribution in [-0.4, -0.2) is 40.4 Å². The molecule has 2 rings (SSSR count). The molecule has 1 unspecified atom stereocenters. The molecule has 5 heteroatoms. The monoisotopic (exact) mass is 247 g/mol. The van der Waals surface area contributed by atoms with E-state index in [9.17, 15) is 0 Å². The first kappa shape index (κ1) is 12.9. The maximum atomic E-state index is 9.13. The number of rotatable bonds is 5. The minimum atomic E-state index is 0.458. The van der Waals surface area contributed by atoms with Crippen LogP contribution in [0.2, 0.25) is 0 Å². The molecule has 1 aromatic heterocycles. The fourth-order valence-corrected chi connectivity index (χ4v) is 2.22. The SMILES string of the molecule is Cc1nn(C)c(NCC(C)N(C)C2CC2)c1C#N. The Balaban J connectivity index is 1.99. The first-order chi connectivity index (χ1) is 8.54. The van der Waals surface area contributed by atoms with Gasteiger partial charge in [-0.15, -0.1) is 0 Å². The molecule has 0 bridgehead atoms. The van der Waals surface area contributed by atoms with E-state index in [1.54, 1.807) is 4.68 Å². The van der Waals surface area contributed by atoms with Crippen LogP contribution in [-0.2, 0) is 7.05 Å². The topological polar surface area (TPSA) is 56.9 Å². The van der Waals surface area contributed by atoms with Gasteiger partial charge in [0, 0.05) is 25.7 Å². The van der Waals surface area contributed by atoms with E-state index in [0.29, 0.717) is 11.6 Å². The summed E-state index contributed by atoms with van der Waals surface area (Å²) in [5.74, 6) is 0.825. The average Bonchev–Trinajstić information content (AvgIpc) is 3.12. The number of hydrogen-bond donors (Lipinski definition) is 1. The van der Waals surface area contributed by atoms with Crippen molar-refractivity contribution < 1.29 is 0 Å². The summed E-state index contributed by atoms with van der Waals surface area (Å²) in [6.07, 6.45) is 2.63. The lowest BCUT2D eigenvalue weighted by Gasteiger charge is -2.25. The van der Waals surface area contributed by atoms with Crippen LogP contribution in [0.25, 0.3) is 0 Å². The molecule has 0 saturated heterocycles. The summed E-state index contributed by atoms with van der Waals surface area (Å²) < 4.78 is 1.75. The Morgan fingerprint density at radius 1 is 1.61 bits per heavy atom. The zero-order valence-corrected chi connectivity index (χ0v) is 11.6. The van der Waals surface area contributed by atoms with E-state index in [-0.39, 0.29) is 0 Å². The molecule has 1 aliphatic rings. The molecular weight excluding hydrogens is 226 g/mol. The minimum absolute atomic E-state index is 0.458. The zero-order valence-electron chi connectivity index (χ0n) is 11.6. The maximum absolute atomic E-state index is 9.13. The second-order valence-corrected chi connectivity index (χ2v) is 5.17. The van der Waals surface area contributed by atoms with E-state index in [2.05, 4.69) is 35.4 Å². The summed E-state index contributed by atoms with van der Waals surface area (Å²) in [7, 11) is 4.04. The molecule has 0 spiro atoms. The van der Waals surface area contributed by atoms with E-state index < -0.39 is 0 Å². The molecule has 1 N–H and O–H groups in total. The molecule has 0 amide bonds. The van der Waals surface area contributed by atoms with Crippen LogP contribution >= 0.6 is 0 Å². The summed E-state index contributed by atoms with van der Waals surface area (Å²) in [4.78, 5) is 2.41. The van der Waals surface area contributed by atoms with Crippen LogP contribution in [0.3, 0.4) is 0 Å². The van der Waals surface area contributed by atoms with Crippen molar-refractivity contribution >= 4 is 5.82 Å². The number of aromatic nitrogens is 2. The molecule has 0 aliphatic heterocycles. The maximum Gasteiger partial charge on any atom is 0.142 e. The van der Waals surface area contributed by atoms with Gasteiger partial charge in [0.25, 0.3) is 0 Å². The molecule has 1 heterocycles. The van der Waals surface area contributed by atoms with Crippen LogP contribution in [0.4, 0.5) is 5.82 Å². The van der Waals surface area contributed by atoms with Gasteiger partial charge >= 0.3 is 0 Å². The third-order valence-corrected chi connectivity index (χ3v) is 3.72. The Morgan fingerprint density at radius 3 is 2.83 bits per heavy atom. The molecule has 98 valence electrons. The van der Waals surface area contributed by atoms with Gasteiger partial charge < -0.3 is 5.32 Å². The predicted octanol–water partition coefficient (Wildman–Crippen LogP) is 1.49. The third-order valence-electron chi connectivity index (χ3n) is 3.72. The van der Waals surface area contributed by atoms with Crippen LogP contribution < -0.4 is 5.32 Å². The summed E-state index contributed by atoms with van der Waals surface area (Å²) in [5, 5.41) is 16.8. The summed E-state index contributed by atoms with van der Waals surface area (Å²) >= 11 is 0. The lowest BCUT2D eigenvalue weighted by atomic mass is 10.2. The zero-order chi connectivity index (χ0) is 13.3. The fourth-order valence-electron chi connectivity index (χ4n) is 2.22. The quantitative estimate of drug-likeness (QED) is 0.856. The van der Waals surface area contributed by atoms with Crippen molar-refractivity contribution in [2.24, 2.45) is 7.05 Å². The van der Waals surface area contributed by atoms with E-state index in [1.807, 2.05) is 14.0 Å². The molecule has 1 atom stereocenters. The molecule has 1 fully saturated rings. The first-order valence-corrected chi connectivity index (χ1v) is 6.44. The molecule has 1 aromatic rings. The van der Waals surface area contributed by atoms with Gasteiger partial charge in [-0.2, -0.15) is 10.4 Å². The van der Waals surface area contributed by atoms with Crippen molar-refractivity contribution in [1.82, 2.24) is 14.7 Å². The van der Waals surface area contributed by atoms with Crippen molar-refractivity contribution in [3.8, 4) is 6.07 Å². The van der Waals surface area contributed by atoms with E-state index in [1.165, 1.54) is 12.8 Å². The van der Waals surface area contributed by atoms with Gasteiger partial charge in [-0.3, -0.25) is 9.58 Å². The number of nitrogens with zero attached hydrogens (tertiary/aromatic N) is 4. The first-order valence-electron chi connectivity index (χ1n) is 6.44.